The average molecular weight is 292 g/mol. The van der Waals surface area contributed by atoms with E-state index in [1.165, 1.54) is 0 Å². The van der Waals surface area contributed by atoms with Crippen LogP contribution in [0.15, 0.2) is 18.2 Å². The zero-order chi connectivity index (χ0) is 15.1. The van der Waals surface area contributed by atoms with Gasteiger partial charge in [-0.1, -0.05) is 19.9 Å². The van der Waals surface area contributed by atoms with Crippen molar-refractivity contribution in [1.82, 2.24) is 5.32 Å². The van der Waals surface area contributed by atoms with Crippen LogP contribution in [0.1, 0.15) is 25.8 Å². The highest BCUT2D eigenvalue weighted by molar-refractivity contribution is 5.95. The fraction of sp³-hybridized carbons (Fsp3) is 0.562. The summed E-state index contributed by atoms with van der Waals surface area (Å²) in [6, 6.07) is 5.84. The maximum absolute atomic E-state index is 11.3. The van der Waals surface area contributed by atoms with Crippen LogP contribution in [0, 0.1) is 5.92 Å². The summed E-state index contributed by atoms with van der Waals surface area (Å²) in [5.41, 5.74) is 1.86. The molecule has 0 unspecified atom stereocenters. The minimum atomic E-state index is -0.105. The summed E-state index contributed by atoms with van der Waals surface area (Å²) in [6.07, 6.45) is 1.10. The van der Waals surface area contributed by atoms with E-state index >= 15 is 0 Å². The molecule has 0 spiro atoms. The maximum atomic E-state index is 11.3. The molecule has 2 rings (SSSR count). The molecule has 5 heteroatoms. The minimum absolute atomic E-state index is 0.0955. The lowest BCUT2D eigenvalue weighted by molar-refractivity contribution is -0.118. The SMILES string of the molecule is CC(C)CCOCCNCc1ccc2c(c1)NC(=O)CO2. The zero-order valence-electron chi connectivity index (χ0n) is 12.8. The molecule has 0 aliphatic carbocycles. The summed E-state index contributed by atoms with van der Waals surface area (Å²) in [5, 5.41) is 6.14. The summed E-state index contributed by atoms with van der Waals surface area (Å²) in [4.78, 5) is 11.3. The Bertz CT molecular complexity index is 475. The first-order valence-corrected chi connectivity index (χ1v) is 7.49. The van der Waals surface area contributed by atoms with Gasteiger partial charge >= 0.3 is 0 Å². The lowest BCUT2D eigenvalue weighted by Crippen LogP contribution is -2.25. The van der Waals surface area contributed by atoms with Gasteiger partial charge in [-0.3, -0.25) is 4.79 Å². The highest BCUT2D eigenvalue weighted by Gasteiger charge is 2.15. The number of hydrogen-bond donors (Lipinski definition) is 2. The molecule has 0 saturated carbocycles. The number of hydrogen-bond acceptors (Lipinski definition) is 4. The van der Waals surface area contributed by atoms with Crippen molar-refractivity contribution in [2.24, 2.45) is 5.92 Å². The van der Waals surface area contributed by atoms with Gasteiger partial charge < -0.3 is 20.1 Å². The van der Waals surface area contributed by atoms with E-state index in [0.717, 1.165) is 49.7 Å². The van der Waals surface area contributed by atoms with Crippen molar-refractivity contribution in [2.45, 2.75) is 26.8 Å². The Morgan fingerprint density at radius 3 is 3.05 bits per heavy atom. The molecule has 0 fully saturated rings. The van der Waals surface area contributed by atoms with E-state index in [9.17, 15) is 4.79 Å². The highest BCUT2D eigenvalue weighted by Crippen LogP contribution is 2.28. The smallest absolute Gasteiger partial charge is 0.262 e. The van der Waals surface area contributed by atoms with Crippen molar-refractivity contribution in [1.29, 1.82) is 0 Å². The van der Waals surface area contributed by atoms with E-state index in [0.29, 0.717) is 5.92 Å². The Morgan fingerprint density at radius 2 is 2.24 bits per heavy atom. The fourth-order valence-corrected chi connectivity index (χ4v) is 2.04. The van der Waals surface area contributed by atoms with Crippen molar-refractivity contribution in [3.63, 3.8) is 0 Å². The zero-order valence-corrected chi connectivity index (χ0v) is 12.8. The summed E-state index contributed by atoms with van der Waals surface area (Å²) in [7, 11) is 0. The summed E-state index contributed by atoms with van der Waals surface area (Å²) in [6.45, 7) is 7.59. The van der Waals surface area contributed by atoms with Gasteiger partial charge in [-0.2, -0.15) is 0 Å². The molecule has 0 bridgehead atoms. The van der Waals surface area contributed by atoms with Crippen LogP contribution in [0.4, 0.5) is 5.69 Å². The third-order valence-corrected chi connectivity index (χ3v) is 3.27. The normalized spacial score (nSPS) is 13.8. The second-order valence-corrected chi connectivity index (χ2v) is 5.64. The molecule has 1 heterocycles. The van der Waals surface area contributed by atoms with Gasteiger partial charge in [0, 0.05) is 19.7 Å². The number of rotatable bonds is 8. The molecule has 1 aliphatic rings. The molecular weight excluding hydrogens is 268 g/mol. The monoisotopic (exact) mass is 292 g/mol. The van der Waals surface area contributed by atoms with E-state index in [1.807, 2.05) is 18.2 Å². The van der Waals surface area contributed by atoms with E-state index in [-0.39, 0.29) is 12.5 Å². The Hall–Kier alpha value is -1.59. The van der Waals surface area contributed by atoms with E-state index in [4.69, 9.17) is 9.47 Å². The predicted octanol–water partition coefficient (Wildman–Crippen LogP) is 2.17. The maximum Gasteiger partial charge on any atom is 0.262 e. The first kappa shape index (κ1) is 15.8. The minimum Gasteiger partial charge on any atom is -0.482 e. The average Bonchev–Trinajstić information content (AvgIpc) is 2.45. The van der Waals surface area contributed by atoms with Gasteiger partial charge in [0.2, 0.25) is 0 Å². The van der Waals surface area contributed by atoms with Gasteiger partial charge in [-0.25, -0.2) is 0 Å². The fourth-order valence-electron chi connectivity index (χ4n) is 2.04. The molecule has 0 aromatic heterocycles. The lowest BCUT2D eigenvalue weighted by atomic mass is 10.1. The number of nitrogens with one attached hydrogen (secondary N) is 2. The Morgan fingerprint density at radius 1 is 1.38 bits per heavy atom. The number of carbonyl (C=O) groups is 1. The Kier molecular flexibility index (Phi) is 6.02. The van der Waals surface area contributed by atoms with E-state index in [2.05, 4.69) is 24.5 Å². The van der Waals surface area contributed by atoms with Crippen LogP contribution in [-0.2, 0) is 16.1 Å². The second kappa shape index (κ2) is 8.00. The van der Waals surface area contributed by atoms with Crippen molar-refractivity contribution >= 4 is 11.6 Å². The van der Waals surface area contributed by atoms with Crippen LogP contribution in [0.2, 0.25) is 0 Å². The van der Waals surface area contributed by atoms with Crippen LogP contribution < -0.4 is 15.4 Å². The Labute approximate surface area is 126 Å². The molecule has 5 nitrogen and oxygen atoms in total. The first-order chi connectivity index (χ1) is 10.1. The Balaban J connectivity index is 1.67. The predicted molar refractivity (Wildman–Crippen MR) is 82.5 cm³/mol. The molecule has 2 N–H and O–H groups in total. The summed E-state index contributed by atoms with van der Waals surface area (Å²) >= 11 is 0. The molecule has 0 atom stereocenters. The molecular formula is C16H24N2O3. The molecule has 21 heavy (non-hydrogen) atoms. The molecule has 0 radical (unpaired) electrons. The molecule has 116 valence electrons. The number of benzene rings is 1. The lowest BCUT2D eigenvalue weighted by Gasteiger charge is -2.18. The number of ether oxygens (including phenoxy) is 2. The van der Waals surface area contributed by atoms with Crippen molar-refractivity contribution < 1.29 is 14.3 Å². The molecule has 1 aromatic carbocycles. The van der Waals surface area contributed by atoms with Crippen LogP contribution in [0.25, 0.3) is 0 Å². The third kappa shape index (κ3) is 5.36. The van der Waals surface area contributed by atoms with Gasteiger partial charge in [0.25, 0.3) is 5.91 Å². The topological polar surface area (TPSA) is 59.6 Å². The third-order valence-electron chi connectivity index (χ3n) is 3.27. The van der Waals surface area contributed by atoms with Crippen LogP contribution in [-0.4, -0.2) is 32.3 Å². The number of anilines is 1. The van der Waals surface area contributed by atoms with E-state index < -0.39 is 0 Å². The number of fused-ring (bicyclic) bond motifs is 1. The van der Waals surface area contributed by atoms with Crippen molar-refractivity contribution in [2.75, 3.05) is 31.7 Å². The molecule has 1 aliphatic heterocycles. The largest absolute Gasteiger partial charge is 0.482 e. The molecule has 0 saturated heterocycles. The quantitative estimate of drug-likeness (QED) is 0.721. The first-order valence-electron chi connectivity index (χ1n) is 7.49. The van der Waals surface area contributed by atoms with Crippen molar-refractivity contribution in [3.05, 3.63) is 23.8 Å². The second-order valence-electron chi connectivity index (χ2n) is 5.64. The highest BCUT2D eigenvalue weighted by atomic mass is 16.5. The van der Waals surface area contributed by atoms with Gasteiger partial charge in [0.1, 0.15) is 5.75 Å². The summed E-state index contributed by atoms with van der Waals surface area (Å²) in [5.74, 6) is 1.31. The van der Waals surface area contributed by atoms with Gasteiger partial charge in [-0.15, -0.1) is 0 Å². The standard InChI is InChI=1S/C16H24N2O3/c1-12(2)5-7-20-8-6-17-10-13-3-4-15-14(9-13)18-16(19)11-21-15/h3-4,9,12,17H,5-8,10-11H2,1-2H3,(H,18,19). The van der Waals surface area contributed by atoms with Gasteiger partial charge in [0.05, 0.1) is 12.3 Å². The van der Waals surface area contributed by atoms with Crippen LogP contribution in [0.5, 0.6) is 5.75 Å². The van der Waals surface area contributed by atoms with Crippen LogP contribution >= 0.6 is 0 Å². The number of carbonyl (C=O) groups excluding carboxylic acids is 1. The van der Waals surface area contributed by atoms with E-state index in [1.54, 1.807) is 0 Å². The van der Waals surface area contributed by atoms with Crippen molar-refractivity contribution in [3.8, 4) is 5.75 Å². The molecule has 1 amide bonds. The summed E-state index contributed by atoms with van der Waals surface area (Å²) < 4.78 is 10.9. The number of amides is 1. The molecule has 1 aromatic rings. The van der Waals surface area contributed by atoms with Gasteiger partial charge in [0.15, 0.2) is 6.61 Å². The van der Waals surface area contributed by atoms with Crippen LogP contribution in [0.3, 0.4) is 0 Å². The van der Waals surface area contributed by atoms with Gasteiger partial charge in [-0.05, 0) is 30.0 Å².